The van der Waals surface area contributed by atoms with Crippen molar-refractivity contribution < 1.29 is 9.90 Å². The van der Waals surface area contributed by atoms with Crippen LogP contribution in [-0.4, -0.2) is 16.1 Å². The summed E-state index contributed by atoms with van der Waals surface area (Å²) in [7, 11) is 0. The topological polar surface area (TPSA) is 50.2 Å². The van der Waals surface area contributed by atoms with E-state index in [1.165, 1.54) is 0 Å². The molecule has 1 heterocycles. The molecule has 2 aromatic rings. The molecule has 20 heavy (non-hydrogen) atoms. The number of rotatable bonds is 5. The van der Waals surface area contributed by atoms with E-state index in [9.17, 15) is 9.90 Å². The summed E-state index contributed by atoms with van der Waals surface area (Å²) < 4.78 is 0. The Morgan fingerprint density at radius 3 is 2.60 bits per heavy atom. The number of carbonyl (C=O) groups is 1. The fourth-order valence-corrected chi connectivity index (χ4v) is 2.35. The van der Waals surface area contributed by atoms with E-state index in [2.05, 4.69) is 4.98 Å². The molecule has 1 atom stereocenters. The predicted molar refractivity (Wildman–Crippen MR) is 79.0 cm³/mol. The van der Waals surface area contributed by atoms with Crippen LogP contribution in [0.4, 0.5) is 0 Å². The van der Waals surface area contributed by atoms with E-state index in [0.29, 0.717) is 17.9 Å². The molecule has 4 heteroatoms. The number of carboxylic acid groups (broad SMARTS) is 1. The van der Waals surface area contributed by atoms with E-state index in [1.807, 2.05) is 43.3 Å². The van der Waals surface area contributed by atoms with Crippen molar-refractivity contribution in [3.05, 3.63) is 64.4 Å². The zero-order chi connectivity index (χ0) is 14.5. The highest BCUT2D eigenvalue weighted by molar-refractivity contribution is 6.31. The van der Waals surface area contributed by atoms with Crippen LogP contribution < -0.4 is 0 Å². The maximum atomic E-state index is 11.4. The highest BCUT2D eigenvalue weighted by Gasteiger charge is 2.20. The van der Waals surface area contributed by atoms with Crippen LogP contribution in [-0.2, 0) is 17.6 Å². The van der Waals surface area contributed by atoms with E-state index in [4.69, 9.17) is 11.6 Å². The Balaban J connectivity index is 2.16. The highest BCUT2D eigenvalue weighted by atomic mass is 35.5. The van der Waals surface area contributed by atoms with Crippen LogP contribution in [0, 0.1) is 12.8 Å². The van der Waals surface area contributed by atoms with Gasteiger partial charge in [0.05, 0.1) is 5.92 Å². The number of aryl methyl sites for hydroxylation is 1. The van der Waals surface area contributed by atoms with Gasteiger partial charge < -0.3 is 5.11 Å². The average Bonchev–Trinajstić information content (AvgIpc) is 2.40. The van der Waals surface area contributed by atoms with E-state index in [1.54, 1.807) is 6.07 Å². The second kappa shape index (κ2) is 6.53. The van der Waals surface area contributed by atoms with Gasteiger partial charge in [0.1, 0.15) is 0 Å². The molecule has 0 fully saturated rings. The summed E-state index contributed by atoms with van der Waals surface area (Å²) in [5.74, 6) is -1.35. The number of hydrogen-bond acceptors (Lipinski definition) is 2. The van der Waals surface area contributed by atoms with Crippen LogP contribution in [0.2, 0.25) is 5.02 Å². The number of benzene rings is 1. The van der Waals surface area contributed by atoms with E-state index < -0.39 is 11.9 Å². The van der Waals surface area contributed by atoms with Crippen LogP contribution in [0.25, 0.3) is 0 Å². The number of pyridine rings is 1. The van der Waals surface area contributed by atoms with Crippen molar-refractivity contribution in [3.63, 3.8) is 0 Å². The molecule has 0 saturated heterocycles. The summed E-state index contributed by atoms with van der Waals surface area (Å²) in [6.07, 6.45) is 0.812. The Bertz CT molecular complexity index is 613. The first-order valence-electron chi connectivity index (χ1n) is 6.45. The van der Waals surface area contributed by atoms with Crippen LogP contribution >= 0.6 is 11.6 Å². The lowest BCUT2D eigenvalue weighted by Crippen LogP contribution is -2.20. The van der Waals surface area contributed by atoms with Crippen LogP contribution in [0.15, 0.2) is 42.5 Å². The standard InChI is InChI=1S/C16H16ClNO2/c1-11-5-4-7-14(18-11)10-13(16(19)20)9-12-6-2-3-8-15(12)17/h2-8,13H,9-10H2,1H3,(H,19,20). The molecule has 0 amide bonds. The molecule has 0 aliphatic rings. The van der Waals surface area contributed by atoms with Gasteiger partial charge in [0.15, 0.2) is 0 Å². The van der Waals surface area contributed by atoms with Gasteiger partial charge in [-0.15, -0.1) is 0 Å². The normalized spacial score (nSPS) is 12.1. The third-order valence-electron chi connectivity index (χ3n) is 3.17. The number of halogens is 1. The monoisotopic (exact) mass is 289 g/mol. The molecule has 0 saturated carbocycles. The fourth-order valence-electron chi connectivity index (χ4n) is 2.14. The minimum atomic E-state index is -0.826. The highest BCUT2D eigenvalue weighted by Crippen LogP contribution is 2.21. The van der Waals surface area contributed by atoms with Crippen molar-refractivity contribution in [2.45, 2.75) is 19.8 Å². The van der Waals surface area contributed by atoms with Crippen molar-refractivity contribution in [2.24, 2.45) is 5.92 Å². The van der Waals surface area contributed by atoms with Gasteiger partial charge in [0.2, 0.25) is 0 Å². The molecule has 3 nitrogen and oxygen atoms in total. The van der Waals surface area contributed by atoms with Gasteiger partial charge in [-0.05, 0) is 37.1 Å². The Morgan fingerprint density at radius 1 is 1.20 bits per heavy atom. The molecule has 0 bridgehead atoms. The first-order valence-corrected chi connectivity index (χ1v) is 6.83. The average molecular weight is 290 g/mol. The molecule has 0 radical (unpaired) electrons. The van der Waals surface area contributed by atoms with E-state index in [0.717, 1.165) is 17.0 Å². The second-order valence-electron chi connectivity index (χ2n) is 4.81. The summed E-state index contributed by atoms with van der Waals surface area (Å²) in [4.78, 5) is 15.8. The Morgan fingerprint density at radius 2 is 1.95 bits per heavy atom. The number of aromatic nitrogens is 1. The number of hydrogen-bond donors (Lipinski definition) is 1. The maximum absolute atomic E-state index is 11.4. The first kappa shape index (κ1) is 14.5. The van der Waals surface area contributed by atoms with Crippen molar-refractivity contribution in [3.8, 4) is 0 Å². The lowest BCUT2D eigenvalue weighted by molar-refractivity contribution is -0.141. The van der Waals surface area contributed by atoms with Crippen LogP contribution in [0.5, 0.6) is 0 Å². The Hall–Kier alpha value is -1.87. The zero-order valence-corrected chi connectivity index (χ0v) is 12.0. The molecule has 1 aromatic carbocycles. The molecule has 0 aliphatic heterocycles. The van der Waals surface area contributed by atoms with Gasteiger partial charge in [-0.3, -0.25) is 9.78 Å². The summed E-state index contributed by atoms with van der Waals surface area (Å²) >= 11 is 6.09. The van der Waals surface area contributed by atoms with Gasteiger partial charge in [-0.2, -0.15) is 0 Å². The minimum Gasteiger partial charge on any atom is -0.481 e. The third kappa shape index (κ3) is 3.81. The number of aliphatic carboxylic acids is 1. The van der Waals surface area contributed by atoms with E-state index in [-0.39, 0.29) is 0 Å². The van der Waals surface area contributed by atoms with Crippen molar-refractivity contribution >= 4 is 17.6 Å². The molecular weight excluding hydrogens is 274 g/mol. The first-order chi connectivity index (χ1) is 9.56. The molecule has 1 aromatic heterocycles. The third-order valence-corrected chi connectivity index (χ3v) is 3.54. The smallest absolute Gasteiger partial charge is 0.307 e. The second-order valence-corrected chi connectivity index (χ2v) is 5.21. The van der Waals surface area contributed by atoms with Crippen LogP contribution in [0.3, 0.4) is 0 Å². The maximum Gasteiger partial charge on any atom is 0.307 e. The largest absolute Gasteiger partial charge is 0.481 e. The molecule has 0 aliphatic carbocycles. The summed E-state index contributed by atoms with van der Waals surface area (Å²) in [6.45, 7) is 1.90. The quantitative estimate of drug-likeness (QED) is 0.916. The van der Waals surface area contributed by atoms with Crippen LogP contribution in [0.1, 0.15) is 17.0 Å². The lowest BCUT2D eigenvalue weighted by atomic mass is 9.94. The predicted octanol–water partition coefficient (Wildman–Crippen LogP) is 3.53. The molecular formula is C16H16ClNO2. The molecule has 2 rings (SSSR count). The van der Waals surface area contributed by atoms with Gasteiger partial charge in [0.25, 0.3) is 0 Å². The minimum absolute atomic E-state index is 0.405. The molecule has 0 spiro atoms. The summed E-state index contributed by atoms with van der Waals surface area (Å²) in [5, 5.41) is 9.99. The van der Waals surface area contributed by atoms with Gasteiger partial charge in [0, 0.05) is 22.8 Å². The van der Waals surface area contributed by atoms with Gasteiger partial charge >= 0.3 is 5.97 Å². The number of carboxylic acids is 1. The molecule has 1 N–H and O–H groups in total. The van der Waals surface area contributed by atoms with E-state index >= 15 is 0 Å². The lowest BCUT2D eigenvalue weighted by Gasteiger charge is -2.13. The summed E-state index contributed by atoms with van der Waals surface area (Å²) in [5.41, 5.74) is 2.54. The molecule has 1 unspecified atom stereocenters. The zero-order valence-electron chi connectivity index (χ0n) is 11.2. The summed E-state index contributed by atoms with van der Waals surface area (Å²) in [6, 6.07) is 13.0. The molecule has 104 valence electrons. The Kier molecular flexibility index (Phi) is 4.74. The fraction of sp³-hybridized carbons (Fsp3) is 0.250. The van der Waals surface area contributed by atoms with Crippen molar-refractivity contribution in [1.82, 2.24) is 4.98 Å². The Labute approximate surface area is 123 Å². The van der Waals surface area contributed by atoms with Gasteiger partial charge in [-0.1, -0.05) is 35.9 Å². The van der Waals surface area contributed by atoms with Crippen molar-refractivity contribution in [1.29, 1.82) is 0 Å². The van der Waals surface area contributed by atoms with Crippen molar-refractivity contribution in [2.75, 3.05) is 0 Å². The van der Waals surface area contributed by atoms with Gasteiger partial charge in [-0.25, -0.2) is 0 Å². The number of nitrogens with zero attached hydrogens (tertiary/aromatic N) is 1. The SMILES string of the molecule is Cc1cccc(CC(Cc2ccccc2Cl)C(=O)O)n1.